The summed E-state index contributed by atoms with van der Waals surface area (Å²) >= 11 is 15.8. The third-order valence-electron chi connectivity index (χ3n) is 2.73. The van der Waals surface area contributed by atoms with Crippen molar-refractivity contribution in [2.45, 2.75) is 11.8 Å². The highest BCUT2D eigenvalue weighted by Crippen LogP contribution is 2.31. The highest BCUT2D eigenvalue weighted by atomic mass is 35.5. The quantitative estimate of drug-likeness (QED) is 0.377. The van der Waals surface area contributed by atoms with E-state index in [-0.39, 0.29) is 0 Å². The monoisotopic (exact) mass is 323 g/mol. The standard InChI is InChI=1S/C14H14ClN3S2/c1-8-2-7-11(13(19)12(8)15)18-14(20)17-10-5-3-9(16)4-6-10/h2-7,19H,16H2,1H3,(H2,17,18,20). The molecule has 104 valence electrons. The summed E-state index contributed by atoms with van der Waals surface area (Å²) in [4.78, 5) is 0.674. The lowest BCUT2D eigenvalue weighted by atomic mass is 10.2. The molecule has 2 aromatic carbocycles. The Morgan fingerprint density at radius 3 is 2.45 bits per heavy atom. The van der Waals surface area contributed by atoms with Gasteiger partial charge in [-0.3, -0.25) is 0 Å². The van der Waals surface area contributed by atoms with Gasteiger partial charge in [0.15, 0.2) is 5.11 Å². The molecule has 4 N–H and O–H groups in total. The first-order valence-electron chi connectivity index (χ1n) is 5.89. The van der Waals surface area contributed by atoms with Crippen LogP contribution in [0.5, 0.6) is 0 Å². The topological polar surface area (TPSA) is 50.1 Å². The minimum atomic E-state index is 0.463. The van der Waals surface area contributed by atoms with Crippen molar-refractivity contribution < 1.29 is 0 Å². The average Bonchev–Trinajstić information content (AvgIpc) is 2.42. The molecule has 0 spiro atoms. The lowest BCUT2D eigenvalue weighted by Gasteiger charge is -2.14. The molecular formula is C14H14ClN3S2. The normalized spacial score (nSPS) is 10.2. The number of rotatable bonds is 2. The molecule has 0 saturated heterocycles. The number of hydrogen-bond acceptors (Lipinski definition) is 3. The van der Waals surface area contributed by atoms with E-state index in [1.807, 2.05) is 31.2 Å². The zero-order valence-electron chi connectivity index (χ0n) is 10.8. The van der Waals surface area contributed by atoms with Gasteiger partial charge in [0.1, 0.15) is 0 Å². The fraction of sp³-hybridized carbons (Fsp3) is 0.0714. The van der Waals surface area contributed by atoms with Gasteiger partial charge in [-0.05, 0) is 55.0 Å². The zero-order chi connectivity index (χ0) is 14.7. The summed E-state index contributed by atoms with van der Waals surface area (Å²) in [5, 5.41) is 7.22. The Balaban J connectivity index is 2.08. The Morgan fingerprint density at radius 2 is 1.80 bits per heavy atom. The molecule has 0 aromatic heterocycles. The number of nitrogen functional groups attached to an aromatic ring is 1. The summed E-state index contributed by atoms with van der Waals surface area (Å²) in [5.74, 6) is 0. The van der Waals surface area contributed by atoms with Gasteiger partial charge in [-0.15, -0.1) is 12.6 Å². The molecule has 2 rings (SSSR count). The highest BCUT2D eigenvalue weighted by molar-refractivity contribution is 7.81. The Morgan fingerprint density at radius 1 is 1.15 bits per heavy atom. The summed E-state index contributed by atoms with van der Waals surface area (Å²) in [5.41, 5.74) is 8.93. The molecule has 20 heavy (non-hydrogen) atoms. The van der Waals surface area contributed by atoms with Crippen molar-refractivity contribution in [3.63, 3.8) is 0 Å². The molecule has 0 aliphatic rings. The van der Waals surface area contributed by atoms with Crippen LogP contribution in [0.25, 0.3) is 0 Å². The molecule has 0 radical (unpaired) electrons. The van der Waals surface area contributed by atoms with Crippen LogP contribution in [0.4, 0.5) is 17.1 Å². The molecule has 0 atom stereocenters. The van der Waals surface area contributed by atoms with Crippen LogP contribution in [-0.4, -0.2) is 5.11 Å². The number of nitrogens with one attached hydrogen (secondary N) is 2. The summed E-state index contributed by atoms with van der Waals surface area (Å²) in [7, 11) is 0. The van der Waals surface area contributed by atoms with E-state index >= 15 is 0 Å². The van der Waals surface area contributed by atoms with Gasteiger partial charge in [-0.1, -0.05) is 17.7 Å². The van der Waals surface area contributed by atoms with E-state index in [9.17, 15) is 0 Å². The molecule has 3 nitrogen and oxygen atoms in total. The first-order chi connectivity index (χ1) is 9.47. The lowest BCUT2D eigenvalue weighted by molar-refractivity contribution is 1.36. The lowest BCUT2D eigenvalue weighted by Crippen LogP contribution is -2.19. The fourth-order valence-electron chi connectivity index (χ4n) is 1.62. The van der Waals surface area contributed by atoms with Crippen molar-refractivity contribution in [2.24, 2.45) is 0 Å². The molecule has 0 bridgehead atoms. The smallest absolute Gasteiger partial charge is 0.175 e. The average molecular weight is 324 g/mol. The predicted molar refractivity (Wildman–Crippen MR) is 94.1 cm³/mol. The molecular weight excluding hydrogens is 310 g/mol. The minimum Gasteiger partial charge on any atom is -0.399 e. The van der Waals surface area contributed by atoms with Gasteiger partial charge in [-0.2, -0.15) is 0 Å². The maximum absolute atomic E-state index is 6.15. The molecule has 0 heterocycles. The third kappa shape index (κ3) is 3.56. The second-order valence-electron chi connectivity index (χ2n) is 4.29. The van der Waals surface area contributed by atoms with Gasteiger partial charge in [0.05, 0.1) is 10.7 Å². The van der Waals surface area contributed by atoms with E-state index in [1.54, 1.807) is 12.1 Å². The molecule has 0 amide bonds. The molecule has 6 heteroatoms. The van der Waals surface area contributed by atoms with Crippen molar-refractivity contribution >= 4 is 58.6 Å². The number of halogens is 1. The van der Waals surface area contributed by atoms with Crippen molar-refractivity contribution in [3.8, 4) is 0 Å². The zero-order valence-corrected chi connectivity index (χ0v) is 13.2. The van der Waals surface area contributed by atoms with Gasteiger partial charge in [0, 0.05) is 16.3 Å². The maximum atomic E-state index is 6.15. The van der Waals surface area contributed by atoms with E-state index in [0.717, 1.165) is 16.9 Å². The van der Waals surface area contributed by atoms with Crippen LogP contribution in [0.15, 0.2) is 41.3 Å². The van der Waals surface area contributed by atoms with E-state index in [1.165, 1.54) is 0 Å². The Labute approximate surface area is 133 Å². The van der Waals surface area contributed by atoms with Gasteiger partial charge < -0.3 is 16.4 Å². The second kappa shape index (κ2) is 6.35. The van der Waals surface area contributed by atoms with E-state index in [4.69, 9.17) is 29.6 Å². The van der Waals surface area contributed by atoms with Crippen LogP contribution in [0.3, 0.4) is 0 Å². The summed E-state index contributed by atoms with van der Waals surface area (Å²) in [6.07, 6.45) is 0. The Hall–Kier alpha value is -1.43. The molecule has 2 aromatic rings. The fourth-order valence-corrected chi connectivity index (χ4v) is 2.32. The van der Waals surface area contributed by atoms with Crippen molar-refractivity contribution in [1.82, 2.24) is 0 Å². The maximum Gasteiger partial charge on any atom is 0.175 e. The number of hydrogen-bond donors (Lipinski definition) is 4. The SMILES string of the molecule is Cc1ccc(NC(=S)Nc2ccc(N)cc2)c(S)c1Cl. The molecule has 0 aliphatic heterocycles. The van der Waals surface area contributed by atoms with Crippen molar-refractivity contribution in [1.29, 1.82) is 0 Å². The van der Waals surface area contributed by atoms with Gasteiger partial charge >= 0.3 is 0 Å². The highest BCUT2D eigenvalue weighted by Gasteiger charge is 2.07. The first-order valence-corrected chi connectivity index (χ1v) is 7.12. The first kappa shape index (κ1) is 15.0. The summed E-state index contributed by atoms with van der Waals surface area (Å²) in [6.45, 7) is 1.93. The second-order valence-corrected chi connectivity index (χ2v) is 5.53. The number of nitrogens with two attached hydrogens (primary N) is 1. The van der Waals surface area contributed by atoms with Crippen LogP contribution < -0.4 is 16.4 Å². The van der Waals surface area contributed by atoms with Crippen molar-refractivity contribution in [2.75, 3.05) is 16.4 Å². The number of aryl methyl sites for hydroxylation is 1. The number of thiol groups is 1. The van der Waals surface area contributed by atoms with E-state index in [2.05, 4.69) is 23.3 Å². The Bertz CT molecular complexity index is 642. The van der Waals surface area contributed by atoms with Crippen LogP contribution in [0.2, 0.25) is 5.02 Å². The van der Waals surface area contributed by atoms with Crippen LogP contribution in [0, 0.1) is 6.92 Å². The largest absolute Gasteiger partial charge is 0.399 e. The molecule has 0 saturated carbocycles. The minimum absolute atomic E-state index is 0.463. The molecule has 0 aliphatic carbocycles. The number of anilines is 3. The van der Waals surface area contributed by atoms with Gasteiger partial charge in [0.2, 0.25) is 0 Å². The summed E-state index contributed by atoms with van der Waals surface area (Å²) < 4.78 is 0. The number of benzene rings is 2. The van der Waals surface area contributed by atoms with Crippen molar-refractivity contribution in [3.05, 3.63) is 47.0 Å². The van der Waals surface area contributed by atoms with Gasteiger partial charge in [0.25, 0.3) is 0 Å². The predicted octanol–water partition coefficient (Wildman–Crippen LogP) is 4.33. The van der Waals surface area contributed by atoms with E-state index in [0.29, 0.717) is 20.7 Å². The van der Waals surface area contributed by atoms with Crippen LogP contribution in [-0.2, 0) is 0 Å². The molecule has 0 fully saturated rings. The Kier molecular flexibility index (Phi) is 4.75. The summed E-state index contributed by atoms with van der Waals surface area (Å²) in [6, 6.07) is 11.1. The molecule has 0 unspecified atom stereocenters. The number of thiocarbonyl (C=S) groups is 1. The van der Waals surface area contributed by atoms with Crippen LogP contribution in [0.1, 0.15) is 5.56 Å². The van der Waals surface area contributed by atoms with E-state index < -0.39 is 0 Å². The third-order valence-corrected chi connectivity index (χ3v) is 4.01. The van der Waals surface area contributed by atoms with Crippen LogP contribution >= 0.6 is 36.4 Å². The van der Waals surface area contributed by atoms with Gasteiger partial charge in [-0.25, -0.2) is 0 Å².